The SMILES string of the molecule is O=c1cccc2n1C[C@@H]1C[C@@H]2CN(C(=S)Nc2ccc(Br)cc2)C1. The van der Waals surface area contributed by atoms with Crippen molar-refractivity contribution < 1.29 is 0 Å². The van der Waals surface area contributed by atoms with Crippen LogP contribution in [0.25, 0.3) is 0 Å². The van der Waals surface area contributed by atoms with E-state index < -0.39 is 0 Å². The van der Waals surface area contributed by atoms with E-state index >= 15 is 0 Å². The largest absolute Gasteiger partial charge is 0.348 e. The molecule has 1 aromatic heterocycles. The number of nitrogens with one attached hydrogen (secondary N) is 1. The maximum Gasteiger partial charge on any atom is 0.250 e. The second kappa shape index (κ2) is 6.33. The Morgan fingerprint density at radius 3 is 2.71 bits per heavy atom. The van der Waals surface area contributed by atoms with Crippen LogP contribution < -0.4 is 10.9 Å². The number of aromatic nitrogens is 1. The van der Waals surface area contributed by atoms with Gasteiger partial charge >= 0.3 is 0 Å². The third-order valence-electron chi connectivity index (χ3n) is 4.86. The third kappa shape index (κ3) is 3.00. The number of rotatable bonds is 1. The molecule has 1 aromatic carbocycles. The first-order valence-electron chi connectivity index (χ1n) is 8.11. The number of fused-ring (bicyclic) bond motifs is 4. The molecule has 4 rings (SSSR count). The summed E-state index contributed by atoms with van der Waals surface area (Å²) in [5.74, 6) is 0.845. The van der Waals surface area contributed by atoms with Crippen LogP contribution in [-0.2, 0) is 6.54 Å². The Hall–Kier alpha value is -1.66. The molecule has 0 amide bonds. The smallest absolute Gasteiger partial charge is 0.250 e. The van der Waals surface area contributed by atoms with Gasteiger partial charge in [0.1, 0.15) is 0 Å². The van der Waals surface area contributed by atoms with Crippen LogP contribution in [0.5, 0.6) is 0 Å². The van der Waals surface area contributed by atoms with Crippen LogP contribution in [0.4, 0.5) is 5.69 Å². The zero-order valence-electron chi connectivity index (χ0n) is 13.1. The normalized spacial score (nSPS) is 22.0. The first-order chi connectivity index (χ1) is 11.6. The van der Waals surface area contributed by atoms with Crippen molar-refractivity contribution in [1.29, 1.82) is 0 Å². The maximum absolute atomic E-state index is 12.1. The minimum absolute atomic E-state index is 0.117. The lowest BCUT2D eigenvalue weighted by molar-refractivity contribution is 0.180. The van der Waals surface area contributed by atoms with Gasteiger partial charge in [0.15, 0.2) is 5.11 Å². The molecule has 4 nitrogen and oxygen atoms in total. The Morgan fingerprint density at radius 2 is 1.92 bits per heavy atom. The van der Waals surface area contributed by atoms with Gasteiger partial charge in [0.05, 0.1) is 0 Å². The second-order valence-electron chi connectivity index (χ2n) is 6.54. The molecule has 124 valence electrons. The number of nitrogens with zero attached hydrogens (tertiary/aromatic N) is 2. The van der Waals surface area contributed by atoms with Gasteiger partial charge in [0.25, 0.3) is 5.56 Å². The van der Waals surface area contributed by atoms with E-state index in [0.29, 0.717) is 11.8 Å². The number of anilines is 1. The average molecular weight is 404 g/mol. The van der Waals surface area contributed by atoms with Gasteiger partial charge in [-0.3, -0.25) is 4.79 Å². The first-order valence-corrected chi connectivity index (χ1v) is 9.31. The quantitative estimate of drug-likeness (QED) is 0.740. The van der Waals surface area contributed by atoms with Gasteiger partial charge in [0, 0.05) is 47.5 Å². The molecule has 1 fully saturated rings. The predicted octanol–water partition coefficient (Wildman–Crippen LogP) is 3.43. The fraction of sp³-hybridized carbons (Fsp3) is 0.333. The van der Waals surface area contributed by atoms with E-state index in [1.54, 1.807) is 6.07 Å². The van der Waals surface area contributed by atoms with E-state index in [4.69, 9.17) is 12.2 Å². The molecule has 0 saturated carbocycles. The minimum Gasteiger partial charge on any atom is -0.348 e. The summed E-state index contributed by atoms with van der Waals surface area (Å²) in [5.41, 5.74) is 2.26. The molecule has 6 heteroatoms. The van der Waals surface area contributed by atoms with Gasteiger partial charge in [0.2, 0.25) is 0 Å². The summed E-state index contributed by atoms with van der Waals surface area (Å²) in [5, 5.41) is 4.09. The van der Waals surface area contributed by atoms with Crippen LogP contribution in [0.15, 0.2) is 51.7 Å². The summed E-state index contributed by atoms with van der Waals surface area (Å²) in [6, 6.07) is 13.6. The topological polar surface area (TPSA) is 37.3 Å². The van der Waals surface area contributed by atoms with Crippen molar-refractivity contribution in [2.75, 3.05) is 18.4 Å². The van der Waals surface area contributed by atoms with Crippen LogP contribution in [0.2, 0.25) is 0 Å². The fourth-order valence-electron chi connectivity index (χ4n) is 3.80. The molecule has 2 aliphatic rings. The lowest BCUT2D eigenvalue weighted by atomic mass is 9.83. The number of likely N-dealkylation sites (tertiary alicyclic amines) is 1. The van der Waals surface area contributed by atoms with Crippen LogP contribution in [0, 0.1) is 5.92 Å². The first kappa shape index (κ1) is 15.8. The fourth-order valence-corrected chi connectivity index (χ4v) is 4.33. The molecule has 1 saturated heterocycles. The van der Waals surface area contributed by atoms with Crippen LogP contribution >= 0.6 is 28.1 Å². The molecule has 0 spiro atoms. The number of piperidine rings is 1. The summed E-state index contributed by atoms with van der Waals surface area (Å²) in [4.78, 5) is 14.3. The van der Waals surface area contributed by atoms with Crippen LogP contribution in [-0.4, -0.2) is 27.7 Å². The highest BCUT2D eigenvalue weighted by Gasteiger charge is 2.35. The summed E-state index contributed by atoms with van der Waals surface area (Å²) >= 11 is 9.07. The molecule has 2 bridgehead atoms. The van der Waals surface area contributed by atoms with Gasteiger partial charge in [-0.05, 0) is 54.9 Å². The van der Waals surface area contributed by atoms with Gasteiger partial charge < -0.3 is 14.8 Å². The third-order valence-corrected chi connectivity index (χ3v) is 5.75. The van der Waals surface area contributed by atoms with Crippen molar-refractivity contribution in [2.45, 2.75) is 18.9 Å². The standard InChI is InChI=1S/C18H18BrN3OS/c19-14-4-6-15(7-5-14)20-18(24)21-9-12-8-13(11-21)16-2-1-3-17(23)22(16)10-12/h1-7,12-13H,8-11H2,(H,20,24)/t12-,13-/m1/s1. The molecule has 24 heavy (non-hydrogen) atoms. The van der Waals surface area contributed by atoms with Crippen molar-refractivity contribution >= 4 is 38.9 Å². The molecule has 2 atom stereocenters. The molecule has 0 aliphatic carbocycles. The molecule has 3 heterocycles. The number of hydrogen-bond donors (Lipinski definition) is 1. The maximum atomic E-state index is 12.1. The Balaban J connectivity index is 1.52. The van der Waals surface area contributed by atoms with Gasteiger partial charge in [-0.2, -0.15) is 0 Å². The number of halogens is 1. The van der Waals surface area contributed by atoms with Gasteiger partial charge in [-0.1, -0.05) is 22.0 Å². The Morgan fingerprint density at radius 1 is 1.12 bits per heavy atom. The highest BCUT2D eigenvalue weighted by Crippen LogP contribution is 2.35. The van der Waals surface area contributed by atoms with Gasteiger partial charge in [-0.15, -0.1) is 0 Å². The highest BCUT2D eigenvalue weighted by atomic mass is 79.9. The number of benzene rings is 1. The van der Waals surface area contributed by atoms with Crippen molar-refractivity contribution in [3.63, 3.8) is 0 Å². The van der Waals surface area contributed by atoms with Gasteiger partial charge in [-0.25, -0.2) is 0 Å². The van der Waals surface area contributed by atoms with E-state index in [0.717, 1.165) is 47.0 Å². The lowest BCUT2D eigenvalue weighted by Gasteiger charge is -2.43. The molecule has 2 aromatic rings. The van der Waals surface area contributed by atoms with Crippen molar-refractivity contribution in [2.24, 2.45) is 5.92 Å². The summed E-state index contributed by atoms with van der Waals surface area (Å²) in [6.45, 7) is 2.56. The number of thiocarbonyl (C=S) groups is 1. The molecule has 2 aliphatic heterocycles. The van der Waals surface area contributed by atoms with E-state index in [1.807, 2.05) is 34.9 Å². The zero-order chi connectivity index (χ0) is 16.7. The highest BCUT2D eigenvalue weighted by molar-refractivity contribution is 9.10. The molecule has 0 radical (unpaired) electrons. The monoisotopic (exact) mass is 403 g/mol. The lowest BCUT2D eigenvalue weighted by Crippen LogP contribution is -2.50. The molecular weight excluding hydrogens is 386 g/mol. The van der Waals surface area contributed by atoms with E-state index in [-0.39, 0.29) is 5.56 Å². The Bertz CT molecular complexity index is 833. The minimum atomic E-state index is 0.117. The Labute approximate surface area is 154 Å². The zero-order valence-corrected chi connectivity index (χ0v) is 15.5. The summed E-state index contributed by atoms with van der Waals surface area (Å²) in [7, 11) is 0. The van der Waals surface area contributed by atoms with E-state index in [1.165, 1.54) is 0 Å². The number of pyridine rings is 1. The summed E-state index contributed by atoms with van der Waals surface area (Å²) < 4.78 is 3.00. The number of hydrogen-bond acceptors (Lipinski definition) is 2. The van der Waals surface area contributed by atoms with E-state index in [9.17, 15) is 4.79 Å². The van der Waals surface area contributed by atoms with Crippen molar-refractivity contribution in [3.05, 3.63) is 63.0 Å². The van der Waals surface area contributed by atoms with Crippen LogP contribution in [0.1, 0.15) is 18.0 Å². The van der Waals surface area contributed by atoms with Crippen molar-refractivity contribution in [1.82, 2.24) is 9.47 Å². The Kier molecular flexibility index (Phi) is 4.18. The van der Waals surface area contributed by atoms with Crippen LogP contribution in [0.3, 0.4) is 0 Å². The average Bonchev–Trinajstić information content (AvgIpc) is 2.58. The molecule has 1 N–H and O–H groups in total. The second-order valence-corrected chi connectivity index (χ2v) is 7.84. The van der Waals surface area contributed by atoms with E-state index in [2.05, 4.69) is 32.2 Å². The van der Waals surface area contributed by atoms with Crippen molar-refractivity contribution in [3.8, 4) is 0 Å². The predicted molar refractivity (Wildman–Crippen MR) is 103 cm³/mol. The summed E-state index contributed by atoms with van der Waals surface area (Å²) in [6.07, 6.45) is 1.14. The molecular formula is C18H18BrN3OS. The molecule has 0 unspecified atom stereocenters.